The Morgan fingerprint density at radius 2 is 0.636 bits per heavy atom. The van der Waals surface area contributed by atoms with Gasteiger partial charge in [0.2, 0.25) is 3.79 Å². The largest absolute Gasteiger partial charge is 0.389 e. The Bertz CT molecular complexity index is 370. The number of alkyl halides is 3. The second-order valence-electron chi connectivity index (χ2n) is 10.3. The van der Waals surface area contributed by atoms with E-state index in [1.807, 2.05) is 0 Å². The highest BCUT2D eigenvalue weighted by Crippen LogP contribution is 2.32. The SMILES string of the molecule is CCCCCCCCCCCCCCCCCCCCCCCCCCCC(O)C(Cl)(Cl)Cl. The molecule has 0 heterocycles. The first kappa shape index (κ1) is 33.8. The predicted octanol–water partition coefficient (Wildman–Crippen LogP) is 11.9. The Morgan fingerprint density at radius 1 is 0.424 bits per heavy atom. The second kappa shape index (κ2) is 25.9. The van der Waals surface area contributed by atoms with Crippen LogP contribution >= 0.6 is 34.8 Å². The highest BCUT2D eigenvalue weighted by molar-refractivity contribution is 6.68. The van der Waals surface area contributed by atoms with Crippen molar-refractivity contribution in [3.05, 3.63) is 0 Å². The van der Waals surface area contributed by atoms with Gasteiger partial charge in [-0.15, -0.1) is 0 Å². The molecule has 0 radical (unpaired) electrons. The van der Waals surface area contributed by atoms with Crippen molar-refractivity contribution >= 4 is 34.8 Å². The molecule has 0 aliphatic rings. The lowest BCUT2D eigenvalue weighted by molar-refractivity contribution is 0.164. The van der Waals surface area contributed by atoms with Gasteiger partial charge in [-0.3, -0.25) is 0 Å². The normalized spacial score (nSPS) is 13.0. The van der Waals surface area contributed by atoms with Gasteiger partial charge in [-0.25, -0.2) is 0 Å². The smallest absolute Gasteiger partial charge is 0.216 e. The van der Waals surface area contributed by atoms with Gasteiger partial charge >= 0.3 is 0 Å². The molecule has 1 nitrogen and oxygen atoms in total. The highest BCUT2D eigenvalue weighted by atomic mass is 35.6. The van der Waals surface area contributed by atoms with Crippen LogP contribution in [0.5, 0.6) is 0 Å². The van der Waals surface area contributed by atoms with Crippen molar-refractivity contribution in [2.75, 3.05) is 0 Å². The lowest BCUT2D eigenvalue weighted by Crippen LogP contribution is -2.24. The number of hydrogen-bond donors (Lipinski definition) is 1. The lowest BCUT2D eigenvalue weighted by atomic mass is 10.0. The Labute approximate surface area is 223 Å². The first-order valence-corrected chi connectivity index (χ1v) is 15.9. The maximum atomic E-state index is 9.67. The minimum atomic E-state index is -1.54. The molecule has 0 rings (SSSR count). The third-order valence-corrected chi connectivity index (χ3v) is 7.71. The van der Waals surface area contributed by atoms with Gasteiger partial charge < -0.3 is 5.11 Å². The van der Waals surface area contributed by atoms with E-state index >= 15 is 0 Å². The van der Waals surface area contributed by atoms with Crippen molar-refractivity contribution < 1.29 is 5.11 Å². The zero-order valence-electron chi connectivity index (χ0n) is 22.0. The zero-order chi connectivity index (χ0) is 24.5. The summed E-state index contributed by atoms with van der Waals surface area (Å²) in [7, 11) is 0. The third kappa shape index (κ3) is 27.3. The number of aliphatic hydroxyl groups excluding tert-OH is 1. The quantitative estimate of drug-likeness (QED) is 0.0875. The summed E-state index contributed by atoms with van der Waals surface area (Å²) in [5.41, 5.74) is 0. The summed E-state index contributed by atoms with van der Waals surface area (Å²) in [4.78, 5) is 0. The van der Waals surface area contributed by atoms with E-state index in [0.29, 0.717) is 6.42 Å². The van der Waals surface area contributed by atoms with Crippen LogP contribution in [0, 0.1) is 0 Å². The average Bonchev–Trinajstić information content (AvgIpc) is 2.78. The topological polar surface area (TPSA) is 20.2 Å². The van der Waals surface area contributed by atoms with E-state index in [0.717, 1.165) is 12.8 Å². The molecule has 33 heavy (non-hydrogen) atoms. The van der Waals surface area contributed by atoms with E-state index in [4.69, 9.17) is 34.8 Å². The Morgan fingerprint density at radius 3 is 0.848 bits per heavy atom. The molecule has 0 aromatic heterocycles. The molecule has 1 unspecified atom stereocenters. The molecule has 0 aromatic carbocycles. The predicted molar refractivity (Wildman–Crippen MR) is 152 cm³/mol. The summed E-state index contributed by atoms with van der Waals surface area (Å²) in [6.45, 7) is 2.29. The van der Waals surface area contributed by atoms with Gasteiger partial charge in [0, 0.05) is 0 Å². The fraction of sp³-hybridized carbons (Fsp3) is 1.00. The van der Waals surface area contributed by atoms with Crippen LogP contribution in [0.15, 0.2) is 0 Å². The molecule has 0 aliphatic heterocycles. The molecule has 0 saturated carbocycles. The maximum absolute atomic E-state index is 9.67. The van der Waals surface area contributed by atoms with E-state index in [2.05, 4.69) is 6.92 Å². The van der Waals surface area contributed by atoms with Crippen LogP contribution in [-0.2, 0) is 0 Å². The maximum Gasteiger partial charge on any atom is 0.216 e. The van der Waals surface area contributed by atoms with Crippen LogP contribution < -0.4 is 0 Å². The minimum Gasteiger partial charge on any atom is -0.389 e. The molecule has 0 amide bonds. The van der Waals surface area contributed by atoms with Gasteiger partial charge in [-0.2, -0.15) is 0 Å². The first-order valence-electron chi connectivity index (χ1n) is 14.7. The molecule has 200 valence electrons. The van der Waals surface area contributed by atoms with Crippen LogP contribution in [-0.4, -0.2) is 15.0 Å². The second-order valence-corrected chi connectivity index (χ2v) is 12.7. The van der Waals surface area contributed by atoms with Gasteiger partial charge in [0.15, 0.2) is 0 Å². The lowest BCUT2D eigenvalue weighted by Gasteiger charge is -2.18. The van der Waals surface area contributed by atoms with Crippen molar-refractivity contribution in [2.45, 2.75) is 184 Å². The number of halogens is 3. The van der Waals surface area contributed by atoms with Gasteiger partial charge in [0.25, 0.3) is 0 Å². The fourth-order valence-electron chi connectivity index (χ4n) is 4.64. The molecule has 0 fully saturated rings. The van der Waals surface area contributed by atoms with Crippen LogP contribution in [0.4, 0.5) is 0 Å². The van der Waals surface area contributed by atoms with E-state index in [-0.39, 0.29) is 0 Å². The molecular weight excluding hydrogens is 471 g/mol. The number of hydrogen-bond acceptors (Lipinski definition) is 1. The van der Waals surface area contributed by atoms with Gasteiger partial charge in [0.1, 0.15) is 6.10 Å². The summed E-state index contributed by atoms with van der Waals surface area (Å²) >= 11 is 17.0. The van der Waals surface area contributed by atoms with Crippen molar-refractivity contribution in [1.82, 2.24) is 0 Å². The summed E-state index contributed by atoms with van der Waals surface area (Å²) in [6, 6.07) is 0. The number of unbranched alkanes of at least 4 members (excludes halogenated alkanes) is 24. The molecule has 0 saturated heterocycles. The molecular formula is C29H57Cl3O. The van der Waals surface area contributed by atoms with Gasteiger partial charge in [0.05, 0.1) is 0 Å². The third-order valence-electron chi connectivity index (χ3n) is 6.96. The Kier molecular flexibility index (Phi) is 26.6. The average molecular weight is 528 g/mol. The van der Waals surface area contributed by atoms with Gasteiger partial charge in [-0.1, -0.05) is 202 Å². The molecule has 1 atom stereocenters. The molecule has 1 N–H and O–H groups in total. The zero-order valence-corrected chi connectivity index (χ0v) is 24.3. The fourth-order valence-corrected chi connectivity index (χ4v) is 4.97. The van der Waals surface area contributed by atoms with Crippen molar-refractivity contribution in [1.29, 1.82) is 0 Å². The monoisotopic (exact) mass is 526 g/mol. The molecule has 0 bridgehead atoms. The summed E-state index contributed by atoms with van der Waals surface area (Å²) in [5, 5.41) is 9.67. The van der Waals surface area contributed by atoms with E-state index < -0.39 is 9.90 Å². The van der Waals surface area contributed by atoms with Crippen LogP contribution in [0.25, 0.3) is 0 Å². The van der Waals surface area contributed by atoms with Crippen LogP contribution in [0.1, 0.15) is 174 Å². The minimum absolute atomic E-state index is 0.579. The van der Waals surface area contributed by atoms with E-state index in [1.54, 1.807) is 0 Å². The standard InChI is InChI=1S/C29H57Cl3O/c1-2-3-4-5-6-7-8-9-10-11-12-13-14-15-16-17-18-19-20-21-22-23-24-25-26-27-28(33)29(30,31)32/h28,33H,2-27H2,1H3. The van der Waals surface area contributed by atoms with Crippen LogP contribution in [0.3, 0.4) is 0 Å². The molecule has 0 aromatic rings. The Hall–Kier alpha value is 0.830. The highest BCUT2D eigenvalue weighted by Gasteiger charge is 2.29. The van der Waals surface area contributed by atoms with E-state index in [9.17, 15) is 5.11 Å². The summed E-state index contributed by atoms with van der Waals surface area (Å²) in [6.07, 6.45) is 34.5. The first-order chi connectivity index (χ1) is 16.0. The summed E-state index contributed by atoms with van der Waals surface area (Å²) in [5.74, 6) is 0. The van der Waals surface area contributed by atoms with E-state index in [1.165, 1.54) is 148 Å². The molecule has 4 heteroatoms. The van der Waals surface area contributed by atoms with Crippen molar-refractivity contribution in [3.63, 3.8) is 0 Å². The summed E-state index contributed by atoms with van der Waals surface area (Å²) < 4.78 is -1.54. The molecule has 0 spiro atoms. The van der Waals surface area contributed by atoms with Crippen molar-refractivity contribution in [3.8, 4) is 0 Å². The number of rotatable bonds is 26. The van der Waals surface area contributed by atoms with Gasteiger partial charge in [-0.05, 0) is 6.42 Å². The Balaban J connectivity index is 3.08. The van der Waals surface area contributed by atoms with Crippen molar-refractivity contribution in [2.24, 2.45) is 0 Å². The molecule has 0 aliphatic carbocycles. The number of aliphatic hydroxyl groups is 1. The van der Waals surface area contributed by atoms with Crippen LogP contribution in [0.2, 0.25) is 0 Å².